The summed E-state index contributed by atoms with van der Waals surface area (Å²) in [7, 11) is 0. The first-order valence-corrected chi connectivity index (χ1v) is 6.19. The van der Waals surface area contributed by atoms with Gasteiger partial charge in [-0.25, -0.2) is 4.98 Å². The molecule has 0 saturated carbocycles. The van der Waals surface area contributed by atoms with Crippen LogP contribution in [0.5, 0.6) is 11.5 Å². The number of hydrogen-bond acceptors (Lipinski definition) is 3. The van der Waals surface area contributed by atoms with Gasteiger partial charge in [0.1, 0.15) is 22.9 Å². The first-order valence-electron chi connectivity index (χ1n) is 6.19. The van der Waals surface area contributed by atoms with Crippen LogP contribution in [0.25, 0.3) is 22.4 Å². The summed E-state index contributed by atoms with van der Waals surface area (Å²) < 4.78 is 0. The van der Waals surface area contributed by atoms with E-state index in [0.29, 0.717) is 11.4 Å². The highest BCUT2D eigenvalue weighted by atomic mass is 16.3. The number of aryl methyl sites for hydroxylation is 1. The van der Waals surface area contributed by atoms with Crippen LogP contribution in [-0.4, -0.2) is 20.2 Å². The molecular formula is C15H14N2O2. The van der Waals surface area contributed by atoms with Gasteiger partial charge < -0.3 is 15.2 Å². The van der Waals surface area contributed by atoms with Gasteiger partial charge in [-0.1, -0.05) is 19.1 Å². The minimum atomic E-state index is 0.00905. The lowest BCUT2D eigenvalue weighted by Gasteiger charge is -2.02. The Balaban J connectivity index is 2.21. The molecule has 0 aliphatic carbocycles. The molecule has 0 atom stereocenters. The number of nitrogens with one attached hydrogen (secondary N) is 1. The Labute approximate surface area is 110 Å². The Morgan fingerprint density at radius 3 is 2.53 bits per heavy atom. The van der Waals surface area contributed by atoms with Crippen molar-refractivity contribution in [2.45, 2.75) is 13.3 Å². The van der Waals surface area contributed by atoms with Gasteiger partial charge in [0.25, 0.3) is 0 Å². The molecule has 3 rings (SSSR count). The molecule has 1 heterocycles. The molecule has 4 heteroatoms. The number of aromatic nitrogens is 2. The van der Waals surface area contributed by atoms with Gasteiger partial charge in [-0.15, -0.1) is 0 Å². The number of phenolic OH excluding ortho intramolecular Hbond substituents is 2. The van der Waals surface area contributed by atoms with Crippen LogP contribution >= 0.6 is 0 Å². The lowest BCUT2D eigenvalue weighted by molar-refractivity contribution is 0.453. The second-order valence-corrected chi connectivity index (χ2v) is 4.46. The van der Waals surface area contributed by atoms with Crippen LogP contribution in [-0.2, 0) is 6.42 Å². The summed E-state index contributed by atoms with van der Waals surface area (Å²) in [6, 6.07) is 10.6. The molecule has 0 unspecified atom stereocenters. The Hall–Kier alpha value is -2.49. The van der Waals surface area contributed by atoms with Gasteiger partial charge >= 0.3 is 0 Å². The Bertz CT molecular complexity index is 727. The number of phenols is 2. The molecule has 1 aromatic heterocycles. The molecule has 0 fully saturated rings. The van der Waals surface area contributed by atoms with Gasteiger partial charge in [-0.3, -0.25) is 0 Å². The van der Waals surface area contributed by atoms with Crippen molar-refractivity contribution in [2.24, 2.45) is 0 Å². The largest absolute Gasteiger partial charge is 0.507 e. The molecular weight excluding hydrogens is 240 g/mol. The van der Waals surface area contributed by atoms with Crippen molar-refractivity contribution in [3.05, 3.63) is 42.0 Å². The smallest absolute Gasteiger partial charge is 0.146 e. The molecule has 19 heavy (non-hydrogen) atoms. The standard InChI is InChI=1S/C15H14N2O2/c1-2-9-6-7-10-11(8-9)17-15(16-10)14-12(18)4-3-5-13(14)19/h3-8,18-19H,2H2,1H3,(H,16,17). The summed E-state index contributed by atoms with van der Waals surface area (Å²) in [5.74, 6) is 0.489. The second-order valence-electron chi connectivity index (χ2n) is 4.46. The van der Waals surface area contributed by atoms with Gasteiger partial charge in [-0.05, 0) is 36.2 Å². The first kappa shape index (κ1) is 11.6. The monoisotopic (exact) mass is 254 g/mol. The van der Waals surface area contributed by atoms with Gasteiger partial charge in [0.05, 0.1) is 11.0 Å². The number of H-pyrrole nitrogens is 1. The van der Waals surface area contributed by atoms with Crippen molar-refractivity contribution in [1.82, 2.24) is 9.97 Å². The average molecular weight is 254 g/mol. The van der Waals surface area contributed by atoms with Crippen molar-refractivity contribution in [3.63, 3.8) is 0 Å². The highest BCUT2D eigenvalue weighted by molar-refractivity contribution is 5.82. The number of fused-ring (bicyclic) bond motifs is 1. The SMILES string of the molecule is CCc1ccc2nc(-c3c(O)cccc3O)[nH]c2c1. The predicted octanol–water partition coefficient (Wildman–Crippen LogP) is 3.20. The van der Waals surface area contributed by atoms with Crippen LogP contribution in [0.4, 0.5) is 0 Å². The summed E-state index contributed by atoms with van der Waals surface area (Å²) in [6.45, 7) is 2.09. The number of rotatable bonds is 2. The van der Waals surface area contributed by atoms with E-state index >= 15 is 0 Å². The summed E-state index contributed by atoms with van der Waals surface area (Å²) in [5.41, 5.74) is 3.26. The summed E-state index contributed by atoms with van der Waals surface area (Å²) in [4.78, 5) is 7.54. The summed E-state index contributed by atoms with van der Waals surface area (Å²) in [5, 5.41) is 19.7. The fraction of sp³-hybridized carbons (Fsp3) is 0.133. The van der Waals surface area contributed by atoms with E-state index in [4.69, 9.17) is 0 Å². The van der Waals surface area contributed by atoms with Crippen LogP contribution in [0.3, 0.4) is 0 Å². The highest BCUT2D eigenvalue weighted by Crippen LogP contribution is 2.35. The molecule has 3 aromatic rings. The number of hydrogen-bond donors (Lipinski definition) is 3. The van der Waals surface area contributed by atoms with Gasteiger partial charge in [0.2, 0.25) is 0 Å². The van der Waals surface area contributed by atoms with Crippen LogP contribution < -0.4 is 0 Å². The zero-order chi connectivity index (χ0) is 13.4. The van der Waals surface area contributed by atoms with E-state index in [9.17, 15) is 10.2 Å². The molecule has 3 N–H and O–H groups in total. The van der Waals surface area contributed by atoms with Crippen molar-refractivity contribution < 1.29 is 10.2 Å². The first-order chi connectivity index (χ1) is 9.19. The van der Waals surface area contributed by atoms with Crippen LogP contribution in [0, 0.1) is 0 Å². The van der Waals surface area contributed by atoms with E-state index in [1.807, 2.05) is 18.2 Å². The van der Waals surface area contributed by atoms with Crippen LogP contribution in [0.2, 0.25) is 0 Å². The molecule has 2 aromatic carbocycles. The third-order valence-corrected chi connectivity index (χ3v) is 3.21. The quantitative estimate of drug-likeness (QED) is 0.657. The number of benzene rings is 2. The number of imidazole rings is 1. The zero-order valence-corrected chi connectivity index (χ0v) is 10.5. The minimum Gasteiger partial charge on any atom is -0.507 e. The third-order valence-electron chi connectivity index (χ3n) is 3.21. The van der Waals surface area contributed by atoms with Crippen LogP contribution in [0.1, 0.15) is 12.5 Å². The molecule has 0 bridgehead atoms. The average Bonchev–Trinajstić information content (AvgIpc) is 2.80. The molecule has 0 radical (unpaired) electrons. The maximum atomic E-state index is 9.85. The van der Waals surface area contributed by atoms with E-state index in [0.717, 1.165) is 17.5 Å². The maximum absolute atomic E-state index is 9.85. The van der Waals surface area contributed by atoms with Crippen molar-refractivity contribution in [2.75, 3.05) is 0 Å². The molecule has 4 nitrogen and oxygen atoms in total. The molecule has 0 amide bonds. The maximum Gasteiger partial charge on any atom is 0.146 e. The molecule has 96 valence electrons. The molecule has 0 aliphatic rings. The second kappa shape index (κ2) is 4.31. The van der Waals surface area contributed by atoms with Crippen molar-refractivity contribution in [3.8, 4) is 22.9 Å². The normalized spacial score (nSPS) is 11.0. The van der Waals surface area contributed by atoms with Crippen molar-refractivity contribution in [1.29, 1.82) is 0 Å². The van der Waals surface area contributed by atoms with Gasteiger partial charge in [0.15, 0.2) is 0 Å². The number of aromatic hydroxyl groups is 2. The predicted molar refractivity (Wildman–Crippen MR) is 74.2 cm³/mol. The highest BCUT2D eigenvalue weighted by Gasteiger charge is 2.13. The number of aromatic amines is 1. The number of nitrogens with zero attached hydrogens (tertiary/aromatic N) is 1. The van der Waals surface area contributed by atoms with Gasteiger partial charge in [0, 0.05) is 0 Å². The van der Waals surface area contributed by atoms with Gasteiger partial charge in [-0.2, -0.15) is 0 Å². The van der Waals surface area contributed by atoms with Crippen molar-refractivity contribution >= 4 is 11.0 Å². The van der Waals surface area contributed by atoms with E-state index in [1.54, 1.807) is 6.07 Å². The fourth-order valence-corrected chi connectivity index (χ4v) is 2.17. The molecule has 0 aliphatic heterocycles. The molecule has 0 spiro atoms. The lowest BCUT2D eigenvalue weighted by atomic mass is 10.1. The fourth-order valence-electron chi connectivity index (χ4n) is 2.17. The Morgan fingerprint density at radius 2 is 1.84 bits per heavy atom. The lowest BCUT2D eigenvalue weighted by Crippen LogP contribution is -1.82. The Kier molecular flexibility index (Phi) is 2.63. The summed E-state index contributed by atoms with van der Waals surface area (Å²) >= 11 is 0. The van der Waals surface area contributed by atoms with E-state index in [-0.39, 0.29) is 11.5 Å². The van der Waals surface area contributed by atoms with E-state index in [2.05, 4.69) is 16.9 Å². The summed E-state index contributed by atoms with van der Waals surface area (Å²) in [6.07, 6.45) is 0.951. The zero-order valence-electron chi connectivity index (χ0n) is 10.5. The van der Waals surface area contributed by atoms with E-state index < -0.39 is 0 Å². The third kappa shape index (κ3) is 1.91. The Morgan fingerprint density at radius 1 is 1.11 bits per heavy atom. The van der Waals surface area contributed by atoms with E-state index in [1.165, 1.54) is 17.7 Å². The minimum absolute atomic E-state index is 0.00905. The van der Waals surface area contributed by atoms with Crippen LogP contribution in [0.15, 0.2) is 36.4 Å². The topological polar surface area (TPSA) is 69.1 Å². The molecule has 0 saturated heterocycles.